The van der Waals surface area contributed by atoms with Gasteiger partial charge in [0.25, 0.3) is 0 Å². The van der Waals surface area contributed by atoms with Gasteiger partial charge in [-0.15, -0.1) is 0 Å². The number of aromatic nitrogens is 4. The Balaban J connectivity index is 1.32. The van der Waals surface area contributed by atoms with Gasteiger partial charge in [-0.1, -0.05) is 145 Å². The van der Waals surface area contributed by atoms with Crippen LogP contribution in [0.5, 0.6) is 0 Å². The van der Waals surface area contributed by atoms with Crippen LogP contribution in [0.2, 0.25) is 0 Å². The lowest BCUT2D eigenvalue weighted by molar-refractivity contribution is 1.07. The van der Waals surface area contributed by atoms with Crippen LogP contribution in [0.4, 0.5) is 0 Å². The first-order valence-corrected chi connectivity index (χ1v) is 16.7. The first-order valence-electron chi connectivity index (χ1n) is 19.7. The maximum Gasteiger partial charge on any atom is 0.164 e. The van der Waals surface area contributed by atoms with E-state index in [0.717, 1.165) is 43.8 Å². The topological polar surface area (TPSA) is 43.6 Å². The Morgan fingerprint density at radius 3 is 1.55 bits per heavy atom. The van der Waals surface area contributed by atoms with E-state index in [4.69, 9.17) is 23.2 Å². The Bertz CT molecular complexity index is 3130. The maximum atomic E-state index is 9.14. The summed E-state index contributed by atoms with van der Waals surface area (Å²) in [6.07, 6.45) is 0. The zero-order valence-corrected chi connectivity index (χ0v) is 27.1. The summed E-state index contributed by atoms with van der Waals surface area (Å²) in [5.74, 6) is 1.39. The van der Waals surface area contributed by atoms with Gasteiger partial charge in [0.05, 0.1) is 19.3 Å². The molecule has 0 unspecified atom stereocenters. The molecule has 0 bridgehead atoms. The lowest BCUT2D eigenvalue weighted by Gasteiger charge is -2.15. The van der Waals surface area contributed by atoms with Gasteiger partial charge in [0.1, 0.15) is 0 Å². The summed E-state index contributed by atoms with van der Waals surface area (Å²) in [6.45, 7) is 0. The van der Waals surface area contributed by atoms with Crippen molar-refractivity contribution in [2.45, 2.75) is 0 Å². The smallest absolute Gasteiger partial charge is 0.164 e. The molecule has 4 heteroatoms. The predicted molar refractivity (Wildman–Crippen MR) is 211 cm³/mol. The van der Waals surface area contributed by atoms with Crippen molar-refractivity contribution >= 4 is 43.4 Å². The molecule has 10 aromatic rings. The Hall–Kier alpha value is -6.91. The van der Waals surface area contributed by atoms with Crippen molar-refractivity contribution in [3.05, 3.63) is 182 Å². The highest BCUT2D eigenvalue weighted by Crippen LogP contribution is 2.37. The molecule has 0 aliphatic carbocycles. The van der Waals surface area contributed by atoms with E-state index in [9.17, 15) is 0 Å². The molecule has 0 saturated heterocycles. The van der Waals surface area contributed by atoms with Gasteiger partial charge in [0, 0.05) is 33.2 Å². The van der Waals surface area contributed by atoms with E-state index in [-0.39, 0.29) is 58.1 Å². The summed E-state index contributed by atoms with van der Waals surface area (Å²) in [6, 6.07) is 46.1. The van der Waals surface area contributed by atoms with Gasteiger partial charge < -0.3 is 4.57 Å². The monoisotopic (exact) mass is 656 g/mol. The molecule has 0 spiro atoms. The molecule has 0 radical (unpaired) electrons. The minimum Gasteiger partial charge on any atom is -0.309 e. The van der Waals surface area contributed by atoms with Crippen molar-refractivity contribution in [3.8, 4) is 51.0 Å². The zero-order valence-electron chi connectivity index (χ0n) is 33.1. The highest BCUT2D eigenvalue weighted by molar-refractivity contribution is 6.10. The number of benzene rings is 8. The quantitative estimate of drug-likeness (QED) is 0.173. The third kappa shape index (κ3) is 5.04. The third-order valence-corrected chi connectivity index (χ3v) is 9.34. The van der Waals surface area contributed by atoms with Gasteiger partial charge >= 0.3 is 0 Å². The van der Waals surface area contributed by atoms with Crippen LogP contribution < -0.4 is 0 Å². The van der Waals surface area contributed by atoms with Gasteiger partial charge in [-0.2, -0.15) is 0 Å². The second kappa shape index (κ2) is 11.9. The molecule has 4 nitrogen and oxygen atoms in total. The summed E-state index contributed by atoms with van der Waals surface area (Å²) in [4.78, 5) is 15.0. The van der Waals surface area contributed by atoms with Crippen LogP contribution >= 0.6 is 0 Å². The van der Waals surface area contributed by atoms with E-state index < -0.39 is 0 Å². The number of hydrogen-bond donors (Lipinski definition) is 0. The second-order valence-electron chi connectivity index (χ2n) is 12.4. The van der Waals surface area contributed by atoms with Crippen molar-refractivity contribution < 1.29 is 8.22 Å². The average Bonchev–Trinajstić information content (AvgIpc) is 3.63. The SMILES string of the molecule is [2H]c1cc([2H])c2c(c1[2H])c1c([2H])c([2H])cc([2H])c1n2-c1cc(-c2ccc3ccc4ccccc4c3c2)cc(-c2nc(-c3ccccc3)nc(-c3ccccc3)n2)c1. The van der Waals surface area contributed by atoms with Crippen molar-refractivity contribution in [1.82, 2.24) is 19.5 Å². The highest BCUT2D eigenvalue weighted by atomic mass is 15.0. The third-order valence-electron chi connectivity index (χ3n) is 9.34. The number of nitrogens with zero attached hydrogens (tertiary/aromatic N) is 4. The lowest BCUT2D eigenvalue weighted by atomic mass is 9.96. The van der Waals surface area contributed by atoms with Crippen LogP contribution in [-0.2, 0) is 0 Å². The minimum absolute atomic E-state index is 0.0328. The van der Waals surface area contributed by atoms with Gasteiger partial charge in [-0.25, -0.2) is 15.0 Å². The number of rotatable bonds is 5. The Morgan fingerprint density at radius 2 is 0.902 bits per heavy atom. The number of hydrogen-bond acceptors (Lipinski definition) is 3. The van der Waals surface area contributed by atoms with Crippen molar-refractivity contribution in [1.29, 1.82) is 0 Å². The van der Waals surface area contributed by atoms with Crippen molar-refractivity contribution in [2.24, 2.45) is 0 Å². The largest absolute Gasteiger partial charge is 0.309 e. The molecule has 0 N–H and O–H groups in total. The van der Waals surface area contributed by atoms with E-state index in [2.05, 4.69) is 42.5 Å². The predicted octanol–water partition coefficient (Wildman–Crippen LogP) is 11.9. The molecule has 0 aliphatic rings. The summed E-state index contributed by atoms with van der Waals surface area (Å²) in [5, 5.41) is 4.80. The van der Waals surface area contributed by atoms with Crippen LogP contribution in [0.15, 0.2) is 182 Å². The normalized spacial score (nSPS) is 13.2. The molecule has 10 rings (SSSR count). The van der Waals surface area contributed by atoms with E-state index in [1.165, 1.54) is 12.1 Å². The first kappa shape index (κ1) is 23.4. The molecule has 0 amide bonds. The molecular formula is C47H30N4. The van der Waals surface area contributed by atoms with Gasteiger partial charge in [0.2, 0.25) is 0 Å². The van der Waals surface area contributed by atoms with Crippen LogP contribution in [-0.4, -0.2) is 19.5 Å². The lowest BCUT2D eigenvalue weighted by Crippen LogP contribution is -2.01. The molecule has 0 fully saturated rings. The molecule has 8 aromatic carbocycles. The Labute approximate surface area is 303 Å². The second-order valence-corrected chi connectivity index (χ2v) is 12.4. The molecule has 0 saturated carbocycles. The molecule has 2 heterocycles. The molecule has 0 aliphatic heterocycles. The zero-order chi connectivity index (χ0) is 38.9. The van der Waals surface area contributed by atoms with E-state index >= 15 is 0 Å². The fourth-order valence-corrected chi connectivity index (χ4v) is 6.93. The summed E-state index contributed by atoms with van der Waals surface area (Å²) >= 11 is 0. The van der Waals surface area contributed by atoms with E-state index in [0.29, 0.717) is 28.7 Å². The fourth-order valence-electron chi connectivity index (χ4n) is 6.93. The van der Waals surface area contributed by atoms with Crippen LogP contribution in [0, 0.1) is 0 Å². The number of para-hydroxylation sites is 2. The average molecular weight is 657 g/mol. The van der Waals surface area contributed by atoms with Crippen LogP contribution in [0.3, 0.4) is 0 Å². The Kier molecular flexibility index (Phi) is 5.47. The van der Waals surface area contributed by atoms with Crippen molar-refractivity contribution in [2.75, 3.05) is 0 Å². The maximum absolute atomic E-state index is 9.14. The highest BCUT2D eigenvalue weighted by Gasteiger charge is 2.18. The van der Waals surface area contributed by atoms with E-state index in [1.54, 1.807) is 4.57 Å². The Morgan fingerprint density at radius 1 is 0.373 bits per heavy atom. The fraction of sp³-hybridized carbons (Fsp3) is 0. The standard InChI is InChI=1S/C47H30N4/c1-3-14-33(15-4-1)45-48-46(34-16-5-2-6-17-34)50-47(49-45)37-27-36(35-26-25-32-24-23-31-13-7-8-18-39(31)42(32)30-35)28-38(29-37)51-43-21-11-9-19-40(43)41-20-10-12-22-44(41)51/h1-30H/i9D,10D,19D,20D,21D,22D. The molecule has 2 aromatic heterocycles. The first-order chi connectivity index (χ1) is 27.7. The summed E-state index contributed by atoms with van der Waals surface area (Å²) < 4.78 is 55.0. The molecule has 0 atom stereocenters. The molecule has 51 heavy (non-hydrogen) atoms. The van der Waals surface area contributed by atoms with Gasteiger partial charge in [-0.05, 0) is 69.0 Å². The summed E-state index contributed by atoms with van der Waals surface area (Å²) in [7, 11) is 0. The van der Waals surface area contributed by atoms with E-state index in [1.807, 2.05) is 91.0 Å². The van der Waals surface area contributed by atoms with Crippen molar-refractivity contribution in [3.63, 3.8) is 0 Å². The molecule has 238 valence electrons. The summed E-state index contributed by atoms with van der Waals surface area (Å²) in [5.41, 5.74) is 5.08. The minimum atomic E-state index is -0.169. The molecular weight excluding hydrogens is 621 g/mol. The van der Waals surface area contributed by atoms with Crippen LogP contribution in [0.25, 0.3) is 94.3 Å². The van der Waals surface area contributed by atoms with Gasteiger partial charge in [0.15, 0.2) is 17.5 Å². The van der Waals surface area contributed by atoms with Gasteiger partial charge in [-0.3, -0.25) is 0 Å². The van der Waals surface area contributed by atoms with Crippen LogP contribution in [0.1, 0.15) is 8.22 Å². The number of fused-ring (bicyclic) bond motifs is 6.